The molecule has 0 saturated carbocycles. The van der Waals surface area contributed by atoms with Gasteiger partial charge in [-0.1, -0.05) is 30.0 Å². The summed E-state index contributed by atoms with van der Waals surface area (Å²) in [5.74, 6) is 0.803. The highest BCUT2D eigenvalue weighted by atomic mass is 32.2. The summed E-state index contributed by atoms with van der Waals surface area (Å²) in [5, 5.41) is 9.71. The van der Waals surface area contributed by atoms with E-state index in [2.05, 4.69) is 20.5 Å². The molecule has 0 atom stereocenters. The quantitative estimate of drug-likeness (QED) is 0.595. The molecule has 0 aliphatic rings. The molecule has 2 heterocycles. The number of rotatable bonds is 7. The highest BCUT2D eigenvalue weighted by Gasteiger charge is 2.30. The number of aromatic nitrogens is 3. The maximum absolute atomic E-state index is 12.7. The van der Waals surface area contributed by atoms with Gasteiger partial charge in [0.1, 0.15) is 12.1 Å². The van der Waals surface area contributed by atoms with E-state index in [0.717, 1.165) is 12.1 Å². The van der Waals surface area contributed by atoms with Crippen LogP contribution in [-0.4, -0.2) is 27.6 Å². The average molecular weight is 396 g/mol. The molecular weight excluding hydrogens is 381 g/mol. The molecule has 10 heteroatoms. The van der Waals surface area contributed by atoms with Crippen LogP contribution >= 0.6 is 11.8 Å². The molecule has 2 aromatic heterocycles. The summed E-state index contributed by atoms with van der Waals surface area (Å²) >= 11 is 1.38. The van der Waals surface area contributed by atoms with Crippen LogP contribution in [0.2, 0.25) is 0 Å². The van der Waals surface area contributed by atoms with Crippen LogP contribution in [0.4, 0.5) is 13.2 Å². The minimum atomic E-state index is -4.38. The van der Waals surface area contributed by atoms with E-state index >= 15 is 0 Å². The third-order valence-electron chi connectivity index (χ3n) is 3.58. The zero-order valence-electron chi connectivity index (χ0n) is 13.9. The lowest BCUT2D eigenvalue weighted by molar-refractivity contribution is -0.137. The number of hydrogen-bond donors (Lipinski definition) is 2. The zero-order chi connectivity index (χ0) is 19.3. The van der Waals surface area contributed by atoms with Gasteiger partial charge in [0.25, 0.3) is 5.91 Å². The summed E-state index contributed by atoms with van der Waals surface area (Å²) in [5.41, 5.74) is -0.208. The minimum absolute atomic E-state index is 0.146. The van der Waals surface area contributed by atoms with Gasteiger partial charge >= 0.3 is 6.18 Å². The van der Waals surface area contributed by atoms with E-state index in [0.29, 0.717) is 22.2 Å². The van der Waals surface area contributed by atoms with Gasteiger partial charge in [-0.3, -0.25) is 9.89 Å². The van der Waals surface area contributed by atoms with Crippen molar-refractivity contribution in [1.82, 2.24) is 20.5 Å². The largest absolute Gasteiger partial charge is 0.455 e. The monoisotopic (exact) mass is 396 g/mol. The smallest absolute Gasteiger partial charge is 0.416 e. The van der Waals surface area contributed by atoms with Crippen molar-refractivity contribution >= 4 is 17.7 Å². The van der Waals surface area contributed by atoms with Crippen LogP contribution in [0.5, 0.6) is 0 Å². The van der Waals surface area contributed by atoms with Crippen molar-refractivity contribution in [2.24, 2.45) is 0 Å². The number of furan rings is 1. The number of carbonyl (C=O) groups is 1. The van der Waals surface area contributed by atoms with Crippen LogP contribution in [-0.2, 0) is 18.3 Å². The van der Waals surface area contributed by atoms with E-state index in [1.54, 1.807) is 18.2 Å². The van der Waals surface area contributed by atoms with Gasteiger partial charge in [0, 0.05) is 6.54 Å². The van der Waals surface area contributed by atoms with Gasteiger partial charge in [-0.2, -0.15) is 18.3 Å². The summed E-state index contributed by atoms with van der Waals surface area (Å²) in [7, 11) is 0. The Balaban J connectivity index is 1.48. The Morgan fingerprint density at radius 2 is 2.11 bits per heavy atom. The second kappa shape index (κ2) is 8.30. The van der Waals surface area contributed by atoms with Gasteiger partial charge in [-0.05, 0) is 30.2 Å². The predicted molar refractivity (Wildman–Crippen MR) is 92.1 cm³/mol. The van der Waals surface area contributed by atoms with Crippen LogP contribution in [0, 0.1) is 0 Å². The number of nitrogens with one attached hydrogen (secondary N) is 2. The molecule has 2 N–H and O–H groups in total. The van der Waals surface area contributed by atoms with E-state index in [9.17, 15) is 18.0 Å². The van der Waals surface area contributed by atoms with Gasteiger partial charge in [0.15, 0.2) is 10.9 Å². The number of amides is 1. The molecule has 3 rings (SSSR count). The van der Waals surface area contributed by atoms with Crippen molar-refractivity contribution in [3.8, 4) is 0 Å². The Bertz CT molecular complexity index is 894. The number of carbonyl (C=O) groups excluding carboxylic acids is 1. The van der Waals surface area contributed by atoms with Crippen LogP contribution in [0.15, 0.2) is 52.3 Å². The molecule has 3 aromatic rings. The van der Waals surface area contributed by atoms with Gasteiger partial charge in [0.2, 0.25) is 0 Å². The van der Waals surface area contributed by atoms with Crippen LogP contribution in [0.3, 0.4) is 0 Å². The topological polar surface area (TPSA) is 83.8 Å². The molecular formula is C17H15F3N4O2S. The Labute approximate surface area is 156 Å². The summed E-state index contributed by atoms with van der Waals surface area (Å²) in [6, 6.07) is 8.28. The lowest BCUT2D eigenvalue weighted by Crippen LogP contribution is -2.25. The van der Waals surface area contributed by atoms with Crippen molar-refractivity contribution in [2.75, 3.05) is 6.54 Å². The van der Waals surface area contributed by atoms with Crippen molar-refractivity contribution in [3.05, 3.63) is 65.4 Å². The highest BCUT2D eigenvalue weighted by molar-refractivity contribution is 7.98. The normalized spacial score (nSPS) is 11.5. The van der Waals surface area contributed by atoms with E-state index in [4.69, 9.17) is 4.42 Å². The van der Waals surface area contributed by atoms with Crippen molar-refractivity contribution in [1.29, 1.82) is 0 Å². The third-order valence-corrected chi connectivity index (χ3v) is 4.48. The fraction of sp³-hybridized carbons (Fsp3) is 0.235. The molecule has 0 spiro atoms. The minimum Gasteiger partial charge on any atom is -0.455 e. The molecule has 1 amide bonds. The van der Waals surface area contributed by atoms with Gasteiger partial charge < -0.3 is 9.73 Å². The van der Waals surface area contributed by atoms with Gasteiger partial charge in [0.05, 0.1) is 11.3 Å². The predicted octanol–water partition coefficient (Wildman–Crippen LogP) is 3.68. The Hall–Kier alpha value is -2.75. The van der Waals surface area contributed by atoms with Crippen molar-refractivity contribution in [3.63, 3.8) is 0 Å². The Morgan fingerprint density at radius 3 is 2.85 bits per heavy atom. The number of hydrogen-bond acceptors (Lipinski definition) is 5. The molecule has 0 fully saturated rings. The fourth-order valence-electron chi connectivity index (χ4n) is 2.29. The number of nitrogens with zero attached hydrogens (tertiary/aromatic N) is 2. The molecule has 27 heavy (non-hydrogen) atoms. The first-order chi connectivity index (χ1) is 12.9. The number of aromatic amines is 1. The molecule has 0 saturated heterocycles. The number of thioether (sulfide) groups is 1. The van der Waals surface area contributed by atoms with E-state index < -0.39 is 17.6 Å². The molecule has 0 unspecified atom stereocenters. The second-order valence-electron chi connectivity index (χ2n) is 5.55. The standard InChI is InChI=1S/C17H15F3N4O2S/c18-17(19,20)12-3-1-2-11(8-12)6-7-21-15(25)14-5-4-13(26-14)9-27-16-22-10-23-24-16/h1-5,8,10H,6-7,9H2,(H,21,25)(H,22,23,24). The molecule has 0 radical (unpaired) electrons. The molecule has 6 nitrogen and oxygen atoms in total. The SMILES string of the molecule is O=C(NCCc1cccc(C(F)(F)F)c1)c1ccc(CSc2ncn[nH]2)o1. The first kappa shape index (κ1) is 19.0. The number of benzene rings is 1. The van der Waals surface area contributed by atoms with Crippen molar-refractivity contribution in [2.45, 2.75) is 23.5 Å². The van der Waals surface area contributed by atoms with Crippen LogP contribution in [0.1, 0.15) is 27.4 Å². The van der Waals surface area contributed by atoms with Crippen molar-refractivity contribution < 1.29 is 22.4 Å². The first-order valence-corrected chi connectivity index (χ1v) is 8.91. The first-order valence-electron chi connectivity index (χ1n) is 7.93. The zero-order valence-corrected chi connectivity index (χ0v) is 14.7. The number of alkyl halides is 3. The third kappa shape index (κ3) is 5.36. The van der Waals surface area contributed by atoms with E-state index in [1.807, 2.05) is 0 Å². The van der Waals surface area contributed by atoms with E-state index in [-0.39, 0.29) is 18.7 Å². The molecule has 0 aliphatic heterocycles. The Morgan fingerprint density at radius 1 is 1.26 bits per heavy atom. The van der Waals surface area contributed by atoms with Crippen LogP contribution < -0.4 is 5.32 Å². The summed E-state index contributed by atoms with van der Waals surface area (Å²) < 4.78 is 43.6. The molecule has 1 aromatic carbocycles. The van der Waals surface area contributed by atoms with E-state index in [1.165, 1.54) is 24.2 Å². The lowest BCUT2D eigenvalue weighted by atomic mass is 10.1. The van der Waals surface area contributed by atoms with Crippen LogP contribution in [0.25, 0.3) is 0 Å². The molecule has 0 aliphatic carbocycles. The lowest BCUT2D eigenvalue weighted by Gasteiger charge is -2.09. The molecule has 142 valence electrons. The average Bonchev–Trinajstić information content (AvgIpc) is 3.31. The Kier molecular flexibility index (Phi) is 5.84. The fourth-order valence-corrected chi connectivity index (χ4v) is 2.96. The summed E-state index contributed by atoms with van der Waals surface area (Å²) in [6.07, 6.45) is -2.70. The second-order valence-corrected chi connectivity index (χ2v) is 6.51. The van der Waals surface area contributed by atoms with Gasteiger partial charge in [-0.15, -0.1) is 0 Å². The van der Waals surface area contributed by atoms with Gasteiger partial charge in [-0.25, -0.2) is 4.98 Å². The summed E-state index contributed by atoms with van der Waals surface area (Å²) in [6.45, 7) is 0.197. The maximum Gasteiger partial charge on any atom is 0.416 e. The highest BCUT2D eigenvalue weighted by Crippen LogP contribution is 2.29. The number of halogens is 3. The summed E-state index contributed by atoms with van der Waals surface area (Å²) in [4.78, 5) is 16.1. The number of H-pyrrole nitrogens is 1. The maximum atomic E-state index is 12.7. The molecule has 0 bridgehead atoms.